The van der Waals surface area contributed by atoms with Gasteiger partial charge in [0, 0.05) is 11.9 Å². The number of hydrogen-bond acceptors (Lipinski definition) is 7. The topological polar surface area (TPSA) is 96.4 Å². The average molecular weight is 257 g/mol. The van der Waals surface area contributed by atoms with Gasteiger partial charge in [0.05, 0.1) is 0 Å². The molecule has 17 heavy (non-hydrogen) atoms. The molecule has 1 aromatic heterocycles. The molecule has 0 aliphatic carbocycles. The summed E-state index contributed by atoms with van der Waals surface area (Å²) in [4.78, 5) is 25.2. The van der Waals surface area contributed by atoms with Crippen LogP contribution in [0.4, 0.5) is 5.82 Å². The first-order valence-electron chi connectivity index (χ1n) is 4.87. The zero-order chi connectivity index (χ0) is 12.3. The Morgan fingerprint density at radius 2 is 2.59 bits per heavy atom. The Hall–Kier alpha value is -1.54. The van der Waals surface area contributed by atoms with Gasteiger partial charge in [-0.05, 0) is 6.07 Å². The molecule has 92 valence electrons. The number of rotatable bonds is 4. The van der Waals surface area contributed by atoms with E-state index in [0.717, 1.165) is 0 Å². The monoisotopic (exact) mass is 257 g/mol. The van der Waals surface area contributed by atoms with Crippen LogP contribution < -0.4 is 11.4 Å². The SMILES string of the molecule is Nc1ccn(C2CSC(COC=O)O2)c(=O)n1. The van der Waals surface area contributed by atoms with Gasteiger partial charge in [-0.25, -0.2) is 4.79 Å². The highest BCUT2D eigenvalue weighted by atomic mass is 32.2. The highest BCUT2D eigenvalue weighted by Gasteiger charge is 2.28. The van der Waals surface area contributed by atoms with Crippen molar-refractivity contribution in [1.82, 2.24) is 9.55 Å². The van der Waals surface area contributed by atoms with E-state index < -0.39 is 11.9 Å². The Labute approximate surface area is 101 Å². The summed E-state index contributed by atoms with van der Waals surface area (Å²) >= 11 is 1.47. The van der Waals surface area contributed by atoms with Crippen molar-refractivity contribution in [1.29, 1.82) is 0 Å². The number of carbonyl (C=O) groups excluding carboxylic acids is 1. The second-order valence-electron chi connectivity index (χ2n) is 3.33. The average Bonchev–Trinajstić information content (AvgIpc) is 2.75. The van der Waals surface area contributed by atoms with Crippen molar-refractivity contribution in [3.63, 3.8) is 0 Å². The number of nitrogen functional groups attached to an aromatic ring is 1. The lowest BCUT2D eigenvalue weighted by atomic mass is 10.5. The van der Waals surface area contributed by atoms with Gasteiger partial charge in [0.15, 0.2) is 0 Å². The van der Waals surface area contributed by atoms with Crippen LogP contribution in [0.2, 0.25) is 0 Å². The van der Waals surface area contributed by atoms with Crippen LogP contribution in [0, 0.1) is 0 Å². The number of anilines is 1. The maximum absolute atomic E-state index is 11.5. The van der Waals surface area contributed by atoms with Gasteiger partial charge in [-0.2, -0.15) is 4.98 Å². The minimum Gasteiger partial charge on any atom is -0.464 e. The molecule has 1 saturated heterocycles. The van der Waals surface area contributed by atoms with Gasteiger partial charge in [-0.1, -0.05) is 0 Å². The maximum Gasteiger partial charge on any atom is 0.351 e. The number of hydrogen-bond donors (Lipinski definition) is 1. The van der Waals surface area contributed by atoms with Crippen LogP contribution >= 0.6 is 11.8 Å². The molecule has 1 aliphatic heterocycles. The molecule has 0 saturated carbocycles. The van der Waals surface area contributed by atoms with E-state index in [2.05, 4.69) is 9.72 Å². The summed E-state index contributed by atoms with van der Waals surface area (Å²) < 4.78 is 11.5. The second-order valence-corrected chi connectivity index (χ2v) is 4.52. The molecule has 1 aliphatic rings. The summed E-state index contributed by atoms with van der Waals surface area (Å²) in [5, 5.41) is 0. The molecule has 1 fully saturated rings. The third-order valence-electron chi connectivity index (χ3n) is 2.20. The standard InChI is InChI=1S/C9H11N3O4S/c10-6-1-2-12(9(14)11-6)7-4-17-8(16-7)3-15-5-13/h1-2,5,7-8H,3-4H2,(H2,10,11,14). The van der Waals surface area contributed by atoms with E-state index in [1.807, 2.05) is 0 Å². The largest absolute Gasteiger partial charge is 0.464 e. The molecule has 2 heterocycles. The van der Waals surface area contributed by atoms with Crippen LogP contribution in [0.1, 0.15) is 6.23 Å². The Kier molecular flexibility index (Phi) is 3.64. The Bertz CT molecular complexity index is 464. The molecule has 2 atom stereocenters. The van der Waals surface area contributed by atoms with Crippen LogP contribution in [-0.4, -0.2) is 33.8 Å². The van der Waals surface area contributed by atoms with Gasteiger partial charge in [-0.15, -0.1) is 11.8 Å². The summed E-state index contributed by atoms with van der Waals surface area (Å²) in [5.41, 5.74) is 4.68. The molecule has 8 heteroatoms. The van der Waals surface area contributed by atoms with Gasteiger partial charge in [0.1, 0.15) is 24.1 Å². The second kappa shape index (κ2) is 5.19. The number of thioether (sulfide) groups is 1. The van der Waals surface area contributed by atoms with E-state index in [1.54, 1.807) is 6.20 Å². The van der Waals surface area contributed by atoms with Crippen molar-refractivity contribution in [3.05, 3.63) is 22.7 Å². The first kappa shape index (κ1) is 11.9. The lowest BCUT2D eigenvalue weighted by Gasteiger charge is -2.13. The molecule has 2 unspecified atom stereocenters. The summed E-state index contributed by atoms with van der Waals surface area (Å²) in [6.45, 7) is 0.538. The van der Waals surface area contributed by atoms with Crippen molar-refractivity contribution in [2.75, 3.05) is 18.1 Å². The normalized spacial score (nSPS) is 23.5. The smallest absolute Gasteiger partial charge is 0.351 e. The number of ether oxygens (including phenoxy) is 2. The molecule has 2 N–H and O–H groups in total. The highest BCUT2D eigenvalue weighted by molar-refractivity contribution is 8.00. The molecule has 0 spiro atoms. The molecule has 0 aromatic carbocycles. The molecule has 0 bridgehead atoms. The molecule has 7 nitrogen and oxygen atoms in total. The van der Waals surface area contributed by atoms with Crippen LogP contribution in [0.15, 0.2) is 17.1 Å². The van der Waals surface area contributed by atoms with Crippen molar-refractivity contribution < 1.29 is 14.3 Å². The third kappa shape index (κ3) is 2.77. The molecule has 0 radical (unpaired) electrons. The molecule has 1 aromatic rings. The summed E-state index contributed by atoms with van der Waals surface area (Å²) in [6, 6.07) is 1.53. The van der Waals surface area contributed by atoms with Crippen molar-refractivity contribution >= 4 is 24.1 Å². The van der Waals surface area contributed by atoms with Crippen molar-refractivity contribution in [2.24, 2.45) is 0 Å². The van der Waals surface area contributed by atoms with Gasteiger partial charge < -0.3 is 15.2 Å². The van der Waals surface area contributed by atoms with Gasteiger partial charge in [0.25, 0.3) is 6.47 Å². The number of carbonyl (C=O) groups is 1. The van der Waals surface area contributed by atoms with Crippen LogP contribution in [0.5, 0.6) is 0 Å². The van der Waals surface area contributed by atoms with Crippen molar-refractivity contribution in [3.8, 4) is 0 Å². The lowest BCUT2D eigenvalue weighted by molar-refractivity contribution is -0.131. The zero-order valence-corrected chi connectivity index (χ0v) is 9.63. The predicted molar refractivity (Wildman–Crippen MR) is 61.3 cm³/mol. The number of aromatic nitrogens is 2. The maximum atomic E-state index is 11.5. The first-order chi connectivity index (χ1) is 8.20. The third-order valence-corrected chi connectivity index (χ3v) is 3.29. The van der Waals surface area contributed by atoms with Crippen molar-refractivity contribution in [2.45, 2.75) is 11.7 Å². The van der Waals surface area contributed by atoms with Gasteiger partial charge in [0.2, 0.25) is 0 Å². The summed E-state index contributed by atoms with van der Waals surface area (Å²) in [7, 11) is 0. The van der Waals surface area contributed by atoms with E-state index in [-0.39, 0.29) is 17.9 Å². The predicted octanol–water partition coefficient (Wildman–Crippen LogP) is -0.413. The zero-order valence-electron chi connectivity index (χ0n) is 8.81. The molecular weight excluding hydrogens is 246 g/mol. The summed E-state index contributed by atoms with van der Waals surface area (Å²) in [6.07, 6.45) is 1.14. The van der Waals surface area contributed by atoms with E-state index in [0.29, 0.717) is 12.2 Å². The fourth-order valence-corrected chi connectivity index (χ4v) is 2.44. The number of nitrogens with zero attached hydrogens (tertiary/aromatic N) is 2. The quantitative estimate of drug-likeness (QED) is 0.732. The Balaban J connectivity index is 2.04. The van der Waals surface area contributed by atoms with Crippen LogP contribution in [0.3, 0.4) is 0 Å². The highest BCUT2D eigenvalue weighted by Crippen LogP contribution is 2.30. The summed E-state index contributed by atoms with van der Waals surface area (Å²) in [5.74, 6) is 0.774. The minimum atomic E-state index is -0.451. The van der Waals surface area contributed by atoms with E-state index in [1.165, 1.54) is 22.4 Å². The molecule has 0 amide bonds. The van der Waals surface area contributed by atoms with Crippen LogP contribution in [-0.2, 0) is 14.3 Å². The molecule has 2 rings (SSSR count). The minimum absolute atomic E-state index is 0.168. The fourth-order valence-electron chi connectivity index (χ4n) is 1.44. The number of nitrogens with two attached hydrogens (primary N) is 1. The van der Waals surface area contributed by atoms with Gasteiger partial charge in [-0.3, -0.25) is 9.36 Å². The fraction of sp³-hybridized carbons (Fsp3) is 0.444. The van der Waals surface area contributed by atoms with E-state index in [9.17, 15) is 9.59 Å². The lowest BCUT2D eigenvalue weighted by Crippen LogP contribution is -2.28. The molecular formula is C9H11N3O4S. The van der Waals surface area contributed by atoms with Gasteiger partial charge >= 0.3 is 5.69 Å². The van der Waals surface area contributed by atoms with E-state index >= 15 is 0 Å². The Morgan fingerprint density at radius 3 is 3.29 bits per heavy atom. The Morgan fingerprint density at radius 1 is 1.76 bits per heavy atom. The van der Waals surface area contributed by atoms with Crippen LogP contribution in [0.25, 0.3) is 0 Å². The van der Waals surface area contributed by atoms with E-state index in [4.69, 9.17) is 10.5 Å². The first-order valence-corrected chi connectivity index (χ1v) is 5.92.